The molecule has 1 rings (SSSR count). The lowest BCUT2D eigenvalue weighted by Crippen LogP contribution is -2.60. The van der Waals surface area contributed by atoms with Crippen LogP contribution in [-0.4, -0.2) is 28.9 Å². The zero-order chi connectivity index (χ0) is 18.1. The molecule has 5 nitrogen and oxygen atoms in total. The smallest absolute Gasteiger partial charge is 0.168 e. The Hall–Kier alpha value is -1.65. The van der Waals surface area contributed by atoms with Gasteiger partial charge < -0.3 is 0 Å². The quantitative estimate of drug-likeness (QED) is 0.700. The Morgan fingerprint density at radius 2 is 1.13 bits per heavy atom. The fourth-order valence-corrected chi connectivity index (χ4v) is 3.25. The van der Waals surface area contributed by atoms with Crippen LogP contribution in [0.1, 0.15) is 54.4 Å². The molecule has 0 saturated heterocycles. The third-order valence-electron chi connectivity index (χ3n) is 4.95. The highest BCUT2D eigenvalue weighted by atomic mass is 16.2. The molecule has 2 unspecified atom stereocenters. The predicted octanol–water partition coefficient (Wildman–Crippen LogP) is 2.20. The second-order valence-corrected chi connectivity index (χ2v) is 6.90. The van der Waals surface area contributed by atoms with Gasteiger partial charge in [0.05, 0.1) is 5.41 Å². The summed E-state index contributed by atoms with van der Waals surface area (Å²) in [5, 5.41) is 0. The van der Waals surface area contributed by atoms with E-state index in [0.29, 0.717) is 0 Å². The van der Waals surface area contributed by atoms with Crippen molar-refractivity contribution >= 4 is 28.9 Å². The minimum Gasteiger partial charge on any atom is -0.298 e. The van der Waals surface area contributed by atoms with E-state index in [1.807, 2.05) is 0 Å². The first-order valence-corrected chi connectivity index (χ1v) is 8.26. The minimum absolute atomic E-state index is 0.193. The van der Waals surface area contributed by atoms with Crippen LogP contribution in [0, 0.1) is 29.1 Å². The molecular formula is C18H26O5. The van der Waals surface area contributed by atoms with Crippen molar-refractivity contribution in [3.05, 3.63) is 0 Å². The number of hydrogen-bond donors (Lipinski definition) is 0. The van der Waals surface area contributed by atoms with Crippen molar-refractivity contribution in [1.82, 2.24) is 0 Å². The van der Waals surface area contributed by atoms with Gasteiger partial charge in [0.2, 0.25) is 0 Å². The summed E-state index contributed by atoms with van der Waals surface area (Å²) < 4.78 is 0. The standard InChI is InChI=1S/C18H26O5/c1-7-18(8-2)16(22)11(13(19)9(3)4)15(21)12(17(18)23)14(20)10(5)6/h9-12H,7-8H2,1-6H3. The van der Waals surface area contributed by atoms with Crippen LogP contribution in [0.5, 0.6) is 0 Å². The van der Waals surface area contributed by atoms with Gasteiger partial charge in [-0.2, -0.15) is 0 Å². The Morgan fingerprint density at radius 3 is 1.35 bits per heavy atom. The van der Waals surface area contributed by atoms with Crippen LogP contribution in [-0.2, 0) is 24.0 Å². The number of hydrogen-bond acceptors (Lipinski definition) is 5. The lowest BCUT2D eigenvalue weighted by Gasteiger charge is -2.39. The predicted molar refractivity (Wildman–Crippen MR) is 84.7 cm³/mol. The van der Waals surface area contributed by atoms with Crippen molar-refractivity contribution < 1.29 is 24.0 Å². The van der Waals surface area contributed by atoms with Crippen molar-refractivity contribution in [2.24, 2.45) is 29.1 Å². The molecule has 0 aliphatic heterocycles. The molecule has 0 aromatic rings. The molecule has 0 spiro atoms. The first-order valence-electron chi connectivity index (χ1n) is 8.26. The molecule has 0 amide bonds. The molecule has 1 aliphatic carbocycles. The van der Waals surface area contributed by atoms with Gasteiger partial charge in [-0.3, -0.25) is 24.0 Å². The van der Waals surface area contributed by atoms with E-state index in [2.05, 4.69) is 0 Å². The lowest BCUT2D eigenvalue weighted by atomic mass is 9.57. The van der Waals surface area contributed by atoms with Gasteiger partial charge in [-0.05, 0) is 12.8 Å². The maximum atomic E-state index is 12.8. The molecule has 2 atom stereocenters. The Balaban J connectivity index is 3.54. The Kier molecular flexibility index (Phi) is 5.78. The van der Waals surface area contributed by atoms with E-state index in [9.17, 15) is 24.0 Å². The summed E-state index contributed by atoms with van der Waals surface area (Å²) in [7, 11) is 0. The zero-order valence-corrected chi connectivity index (χ0v) is 14.8. The Bertz CT molecular complexity index is 508. The average molecular weight is 322 g/mol. The topological polar surface area (TPSA) is 85.3 Å². The Labute approximate surface area is 137 Å². The van der Waals surface area contributed by atoms with Crippen molar-refractivity contribution in [3.63, 3.8) is 0 Å². The summed E-state index contributed by atoms with van der Waals surface area (Å²) in [6.07, 6.45) is 0.385. The molecule has 0 radical (unpaired) electrons. The molecule has 0 N–H and O–H groups in total. The Morgan fingerprint density at radius 1 is 0.826 bits per heavy atom. The highest BCUT2D eigenvalue weighted by molar-refractivity contribution is 6.39. The van der Waals surface area contributed by atoms with Gasteiger partial charge in [0, 0.05) is 11.8 Å². The largest absolute Gasteiger partial charge is 0.298 e. The monoisotopic (exact) mass is 322 g/mol. The summed E-state index contributed by atoms with van der Waals surface area (Å²) in [6, 6.07) is 0. The van der Waals surface area contributed by atoms with E-state index >= 15 is 0 Å². The molecule has 0 aromatic carbocycles. The van der Waals surface area contributed by atoms with Crippen LogP contribution in [0.2, 0.25) is 0 Å². The fourth-order valence-electron chi connectivity index (χ4n) is 3.25. The van der Waals surface area contributed by atoms with Gasteiger partial charge in [-0.25, -0.2) is 0 Å². The van der Waals surface area contributed by atoms with Crippen LogP contribution in [0.15, 0.2) is 0 Å². The van der Waals surface area contributed by atoms with Crippen LogP contribution in [0.25, 0.3) is 0 Å². The van der Waals surface area contributed by atoms with E-state index in [0.717, 1.165) is 0 Å². The first-order chi connectivity index (χ1) is 10.6. The molecule has 0 aromatic heterocycles. The van der Waals surface area contributed by atoms with Crippen LogP contribution in [0.3, 0.4) is 0 Å². The second kappa shape index (κ2) is 6.85. The number of ketones is 5. The van der Waals surface area contributed by atoms with Gasteiger partial charge in [0.15, 0.2) is 28.9 Å². The number of Topliss-reactive ketones (excluding diaryl/α,β-unsaturated/α-hetero) is 5. The molecule has 0 heterocycles. The van der Waals surface area contributed by atoms with Crippen molar-refractivity contribution in [2.75, 3.05) is 0 Å². The fraction of sp³-hybridized carbons (Fsp3) is 0.722. The minimum atomic E-state index is -1.49. The second-order valence-electron chi connectivity index (χ2n) is 6.90. The van der Waals surface area contributed by atoms with E-state index in [-0.39, 0.29) is 12.8 Å². The van der Waals surface area contributed by atoms with Crippen LogP contribution >= 0.6 is 0 Å². The van der Waals surface area contributed by atoms with Crippen LogP contribution < -0.4 is 0 Å². The molecule has 5 heteroatoms. The third kappa shape index (κ3) is 2.93. The molecule has 128 valence electrons. The van der Waals surface area contributed by atoms with E-state index in [1.165, 1.54) is 0 Å². The normalized spacial score (nSPS) is 24.4. The van der Waals surface area contributed by atoms with Crippen molar-refractivity contribution in [1.29, 1.82) is 0 Å². The maximum absolute atomic E-state index is 12.8. The number of rotatable bonds is 6. The summed E-state index contributed by atoms with van der Waals surface area (Å²) >= 11 is 0. The maximum Gasteiger partial charge on any atom is 0.168 e. The zero-order valence-electron chi connectivity index (χ0n) is 14.8. The highest BCUT2D eigenvalue weighted by Gasteiger charge is 2.60. The molecule has 1 fully saturated rings. The summed E-state index contributed by atoms with van der Waals surface area (Å²) in [6.45, 7) is 9.80. The van der Waals surface area contributed by atoms with Gasteiger partial charge in [0.25, 0.3) is 0 Å². The van der Waals surface area contributed by atoms with Gasteiger partial charge in [-0.1, -0.05) is 41.5 Å². The van der Waals surface area contributed by atoms with E-state index in [1.54, 1.807) is 41.5 Å². The van der Waals surface area contributed by atoms with Crippen molar-refractivity contribution in [3.8, 4) is 0 Å². The molecule has 1 aliphatic rings. The molecule has 23 heavy (non-hydrogen) atoms. The lowest BCUT2D eigenvalue weighted by molar-refractivity contribution is -0.161. The van der Waals surface area contributed by atoms with E-state index < -0.39 is 58.0 Å². The highest BCUT2D eigenvalue weighted by Crippen LogP contribution is 2.42. The molecule has 1 saturated carbocycles. The summed E-state index contributed by atoms with van der Waals surface area (Å²) in [5.74, 6) is -7.06. The summed E-state index contributed by atoms with van der Waals surface area (Å²) in [4.78, 5) is 63.2. The van der Waals surface area contributed by atoms with Crippen molar-refractivity contribution in [2.45, 2.75) is 54.4 Å². The SMILES string of the molecule is CCC1(CC)C(=O)C(C(=O)C(C)C)C(=O)C(C(=O)C(C)C)C1=O. The van der Waals surface area contributed by atoms with Gasteiger partial charge in [-0.15, -0.1) is 0 Å². The first kappa shape index (κ1) is 19.4. The third-order valence-corrected chi connectivity index (χ3v) is 4.95. The number of carbonyl (C=O) groups excluding carboxylic acids is 5. The van der Waals surface area contributed by atoms with E-state index in [4.69, 9.17) is 0 Å². The molecule has 0 bridgehead atoms. The average Bonchev–Trinajstić information content (AvgIpc) is 2.48. The van der Waals surface area contributed by atoms with Crippen LogP contribution in [0.4, 0.5) is 0 Å². The van der Waals surface area contributed by atoms with Gasteiger partial charge in [0.1, 0.15) is 11.8 Å². The van der Waals surface area contributed by atoms with Gasteiger partial charge >= 0.3 is 0 Å². The number of carbonyl (C=O) groups is 5. The summed E-state index contributed by atoms with van der Waals surface area (Å²) in [5.41, 5.74) is -1.40. The molecular weight excluding hydrogens is 296 g/mol.